The predicted octanol–water partition coefficient (Wildman–Crippen LogP) is 4.83. The van der Waals surface area contributed by atoms with Crippen molar-refractivity contribution in [1.82, 2.24) is 9.47 Å². The number of hydrogen-bond acceptors (Lipinski definition) is 5. The first-order valence-corrected chi connectivity index (χ1v) is 13.6. The molecule has 3 aliphatic rings. The molecule has 2 atom stereocenters. The van der Waals surface area contributed by atoms with E-state index in [1.54, 1.807) is 19.2 Å². The van der Waals surface area contributed by atoms with Crippen LogP contribution in [0.5, 0.6) is 5.75 Å². The Balaban J connectivity index is 1.45. The summed E-state index contributed by atoms with van der Waals surface area (Å²) in [6, 6.07) is 10.8. The molecule has 1 amide bonds. The maximum absolute atomic E-state index is 15.9. The van der Waals surface area contributed by atoms with Gasteiger partial charge in [-0.15, -0.1) is 0 Å². The lowest BCUT2D eigenvalue weighted by Crippen LogP contribution is -2.47. The van der Waals surface area contributed by atoms with Crippen molar-refractivity contribution in [3.63, 3.8) is 0 Å². The smallest absolute Gasteiger partial charge is 0.219 e. The summed E-state index contributed by atoms with van der Waals surface area (Å²) >= 11 is 0. The van der Waals surface area contributed by atoms with Gasteiger partial charge in [-0.25, -0.2) is 4.39 Å². The Morgan fingerprint density at radius 2 is 1.87 bits per heavy atom. The zero-order chi connectivity index (χ0) is 27.3. The van der Waals surface area contributed by atoms with E-state index in [4.69, 9.17) is 4.74 Å². The minimum absolute atomic E-state index is 0.0140. The van der Waals surface area contributed by atoms with Gasteiger partial charge in [0.2, 0.25) is 11.3 Å². The van der Waals surface area contributed by atoms with Gasteiger partial charge in [0.1, 0.15) is 5.69 Å². The minimum atomic E-state index is -0.559. The fraction of sp³-hybridized carbons (Fsp3) is 0.387. The number of likely N-dealkylation sites (tertiary alicyclic amines) is 1. The van der Waals surface area contributed by atoms with Crippen molar-refractivity contribution in [3.05, 3.63) is 75.8 Å². The molecule has 2 aromatic carbocycles. The van der Waals surface area contributed by atoms with E-state index in [-0.39, 0.29) is 34.9 Å². The minimum Gasteiger partial charge on any atom is -0.492 e. The van der Waals surface area contributed by atoms with Gasteiger partial charge in [0.05, 0.1) is 29.6 Å². The second-order valence-corrected chi connectivity index (χ2v) is 10.8. The van der Waals surface area contributed by atoms with E-state index in [2.05, 4.69) is 0 Å². The first-order chi connectivity index (χ1) is 18.9. The van der Waals surface area contributed by atoms with Gasteiger partial charge in [0.25, 0.3) is 0 Å². The van der Waals surface area contributed by atoms with E-state index in [1.165, 1.54) is 19.3 Å². The summed E-state index contributed by atoms with van der Waals surface area (Å²) in [5, 5.41) is 0.140. The summed E-state index contributed by atoms with van der Waals surface area (Å²) in [6.45, 7) is 3.43. The van der Waals surface area contributed by atoms with Crippen LogP contribution in [0.25, 0.3) is 17.0 Å². The maximum Gasteiger partial charge on any atom is 0.219 e. The average Bonchev–Trinajstić information content (AvgIpc) is 3.69. The summed E-state index contributed by atoms with van der Waals surface area (Å²) < 4.78 is 23.7. The fourth-order valence-corrected chi connectivity index (χ4v) is 6.33. The van der Waals surface area contributed by atoms with Crippen molar-refractivity contribution < 1.29 is 18.7 Å². The van der Waals surface area contributed by atoms with E-state index in [0.717, 1.165) is 37.8 Å². The normalized spacial score (nSPS) is 21.0. The Morgan fingerprint density at radius 3 is 2.56 bits per heavy atom. The van der Waals surface area contributed by atoms with Crippen LogP contribution in [-0.4, -0.2) is 53.9 Å². The highest BCUT2D eigenvalue weighted by Gasteiger charge is 2.42. The van der Waals surface area contributed by atoms with Crippen molar-refractivity contribution in [2.24, 2.45) is 5.92 Å². The lowest BCUT2D eigenvalue weighted by molar-refractivity contribution is -0.132. The molecule has 8 heteroatoms. The third-order valence-corrected chi connectivity index (χ3v) is 8.34. The number of ether oxygens (including phenoxy) is 1. The van der Waals surface area contributed by atoms with Gasteiger partial charge in [0, 0.05) is 38.8 Å². The molecule has 202 valence electrons. The van der Waals surface area contributed by atoms with Crippen LogP contribution in [0.1, 0.15) is 54.6 Å². The number of anilines is 1. The number of methoxy groups -OCH3 is 1. The highest BCUT2D eigenvalue weighted by Crippen LogP contribution is 2.45. The molecular formula is C31H32FN3O4. The number of carbonyl (C=O) groups excluding carboxylic acids is 2. The van der Waals surface area contributed by atoms with Gasteiger partial charge in [-0.3, -0.25) is 14.4 Å². The molecular weight excluding hydrogens is 497 g/mol. The zero-order valence-corrected chi connectivity index (χ0v) is 22.2. The van der Waals surface area contributed by atoms with Crippen molar-refractivity contribution >= 4 is 34.4 Å². The molecule has 1 aliphatic carbocycles. The van der Waals surface area contributed by atoms with Gasteiger partial charge >= 0.3 is 0 Å². The number of hydrogen-bond donors (Lipinski definition) is 0. The number of carbonyl (C=O) groups is 2. The van der Waals surface area contributed by atoms with E-state index < -0.39 is 17.0 Å². The number of halogens is 1. The molecule has 0 N–H and O–H groups in total. The fourth-order valence-electron chi connectivity index (χ4n) is 6.33. The summed E-state index contributed by atoms with van der Waals surface area (Å²) in [7, 11) is 1.49. The van der Waals surface area contributed by atoms with Crippen molar-refractivity contribution in [2.45, 2.75) is 44.7 Å². The number of ketones is 1. The van der Waals surface area contributed by atoms with Crippen LogP contribution in [0.15, 0.2) is 53.5 Å². The Bertz CT molecular complexity index is 1540. The Morgan fingerprint density at radius 1 is 1.10 bits per heavy atom. The summed E-state index contributed by atoms with van der Waals surface area (Å²) in [5.74, 6) is -0.378. The monoisotopic (exact) mass is 529 g/mol. The quantitative estimate of drug-likeness (QED) is 0.338. The van der Waals surface area contributed by atoms with Gasteiger partial charge < -0.3 is 19.1 Å². The standard InChI is InChI=1S/C31H32FN3O4/c1-19(36)34-14-6-9-21-16-33(18-26(21)34)29-25(32)15-23-28(31(29)39-2)35(22-11-12-22)17-24(30(23)38)27(37)13-10-20-7-4-3-5-8-20/h3-5,7-8,10,13,15,17,21-22,26H,6,9,11-12,14,16,18H2,1-2H3/b13-10+. The third-order valence-electron chi connectivity index (χ3n) is 8.34. The van der Waals surface area contributed by atoms with Gasteiger partial charge in [-0.1, -0.05) is 36.4 Å². The number of benzene rings is 2. The molecule has 0 spiro atoms. The lowest BCUT2D eigenvalue weighted by Gasteiger charge is -2.36. The number of nitrogens with zero attached hydrogens (tertiary/aromatic N) is 3. The molecule has 7 nitrogen and oxygen atoms in total. The SMILES string of the molecule is COc1c(N2CC3CCCN(C(C)=O)C3C2)c(F)cc2c(=O)c(C(=O)/C=C/c3ccccc3)cn(C3CC3)c12. The highest BCUT2D eigenvalue weighted by molar-refractivity contribution is 6.08. The number of rotatable bonds is 6. The maximum atomic E-state index is 15.9. The molecule has 2 aliphatic heterocycles. The number of amides is 1. The van der Waals surface area contributed by atoms with E-state index in [1.807, 2.05) is 44.7 Å². The van der Waals surface area contributed by atoms with E-state index >= 15 is 4.39 Å². The largest absolute Gasteiger partial charge is 0.492 e. The Labute approximate surface area is 226 Å². The Kier molecular flexibility index (Phi) is 6.49. The van der Waals surface area contributed by atoms with Gasteiger partial charge in [0.15, 0.2) is 17.3 Å². The Hall–Kier alpha value is -3.94. The van der Waals surface area contributed by atoms with E-state index in [9.17, 15) is 14.4 Å². The zero-order valence-electron chi connectivity index (χ0n) is 22.2. The average molecular weight is 530 g/mol. The second kappa shape index (κ2) is 9.98. The van der Waals surface area contributed by atoms with Crippen LogP contribution in [0.2, 0.25) is 0 Å². The molecule has 39 heavy (non-hydrogen) atoms. The van der Waals surface area contributed by atoms with Crippen molar-refractivity contribution in [2.75, 3.05) is 31.6 Å². The van der Waals surface area contributed by atoms with Crippen LogP contribution in [0.3, 0.4) is 0 Å². The number of piperidine rings is 1. The van der Waals surface area contributed by atoms with Crippen LogP contribution in [-0.2, 0) is 4.79 Å². The van der Waals surface area contributed by atoms with Crippen LogP contribution in [0, 0.1) is 11.7 Å². The molecule has 3 fully saturated rings. The number of allylic oxidation sites excluding steroid dienone is 1. The molecule has 0 bridgehead atoms. The number of aromatic nitrogens is 1. The molecule has 1 saturated carbocycles. The van der Waals surface area contributed by atoms with E-state index in [0.29, 0.717) is 30.0 Å². The topological polar surface area (TPSA) is 71.8 Å². The molecule has 6 rings (SSSR count). The van der Waals surface area contributed by atoms with Crippen molar-refractivity contribution in [3.8, 4) is 5.75 Å². The first-order valence-electron chi connectivity index (χ1n) is 13.6. The molecule has 2 saturated heterocycles. The molecule has 3 aromatic rings. The van der Waals surface area contributed by atoms with Crippen LogP contribution in [0.4, 0.5) is 10.1 Å². The van der Waals surface area contributed by atoms with Gasteiger partial charge in [-0.05, 0) is 49.3 Å². The molecule has 0 radical (unpaired) electrons. The number of fused-ring (bicyclic) bond motifs is 2. The second-order valence-electron chi connectivity index (χ2n) is 10.8. The summed E-state index contributed by atoms with van der Waals surface area (Å²) in [5.41, 5.74) is 1.19. The highest BCUT2D eigenvalue weighted by atomic mass is 19.1. The molecule has 1 aromatic heterocycles. The van der Waals surface area contributed by atoms with Crippen LogP contribution >= 0.6 is 0 Å². The van der Waals surface area contributed by atoms with Gasteiger partial charge in [-0.2, -0.15) is 0 Å². The lowest BCUT2D eigenvalue weighted by atomic mass is 9.92. The number of pyridine rings is 1. The predicted molar refractivity (Wildman–Crippen MR) is 149 cm³/mol. The molecule has 3 heterocycles. The summed E-state index contributed by atoms with van der Waals surface area (Å²) in [6.07, 6.45) is 8.41. The third kappa shape index (κ3) is 4.51. The molecule has 2 unspecified atom stereocenters. The van der Waals surface area contributed by atoms with Crippen molar-refractivity contribution in [1.29, 1.82) is 0 Å². The van der Waals surface area contributed by atoms with Crippen LogP contribution < -0.4 is 15.1 Å². The summed E-state index contributed by atoms with van der Waals surface area (Å²) in [4.78, 5) is 42.9. The first kappa shape index (κ1) is 25.3.